The van der Waals surface area contributed by atoms with Crippen LogP contribution >= 0.6 is 0 Å². The van der Waals surface area contributed by atoms with E-state index >= 15 is 0 Å². The molecule has 0 bridgehead atoms. The van der Waals surface area contributed by atoms with E-state index in [9.17, 15) is 4.39 Å². The molecule has 8 aromatic carbocycles. The third-order valence-electron chi connectivity index (χ3n) is 8.84. The molecule has 196 valence electrons. The van der Waals surface area contributed by atoms with Crippen molar-refractivity contribution in [1.29, 1.82) is 0 Å². The Labute approximate surface area is 242 Å². The summed E-state index contributed by atoms with van der Waals surface area (Å²) in [7, 11) is 0. The van der Waals surface area contributed by atoms with Gasteiger partial charge in [-0.15, -0.1) is 0 Å². The van der Waals surface area contributed by atoms with Crippen LogP contribution in [0.4, 0.5) is 4.39 Å². The van der Waals surface area contributed by atoms with Gasteiger partial charge in [0.05, 0.1) is 11.0 Å². The fraction of sp³-hybridized carbons (Fsp3) is 0. The minimum atomic E-state index is -0.233. The summed E-state index contributed by atoms with van der Waals surface area (Å²) in [6.45, 7) is 0. The smallest absolute Gasteiger partial charge is 0.123 e. The van der Waals surface area contributed by atoms with Crippen molar-refractivity contribution in [2.45, 2.75) is 0 Å². The second-order valence-corrected chi connectivity index (χ2v) is 11.0. The standard InChI is InChI=1S/C40H24FN/c41-27-15-17-28(18-16-27)42-37-23-21-33(31-13-5-9-25-7-1-3-11-29(25)31)35-19-20-36-34(22-24-38(42)40(36)39(35)37)32-14-6-10-26-8-2-4-12-30(26)32/h1-24H. The van der Waals surface area contributed by atoms with E-state index in [1.165, 1.54) is 65.3 Å². The maximum absolute atomic E-state index is 14.0. The van der Waals surface area contributed by atoms with Gasteiger partial charge < -0.3 is 4.57 Å². The molecule has 0 saturated carbocycles. The van der Waals surface area contributed by atoms with Crippen LogP contribution in [-0.4, -0.2) is 4.57 Å². The Morgan fingerprint density at radius 3 is 1.33 bits per heavy atom. The van der Waals surface area contributed by atoms with Crippen molar-refractivity contribution in [2.75, 3.05) is 0 Å². The first-order valence-electron chi connectivity index (χ1n) is 14.3. The lowest BCUT2D eigenvalue weighted by Crippen LogP contribution is -1.94. The van der Waals surface area contributed by atoms with E-state index in [-0.39, 0.29) is 5.82 Å². The summed E-state index contributed by atoms with van der Waals surface area (Å²) in [6, 6.07) is 50.7. The van der Waals surface area contributed by atoms with Gasteiger partial charge in [-0.25, -0.2) is 4.39 Å². The molecule has 9 rings (SSSR count). The maximum Gasteiger partial charge on any atom is 0.123 e. The SMILES string of the molecule is Fc1ccc(-n2c3ccc(-c4cccc5ccccc45)c4ccc5c(-c6cccc7ccccc67)ccc2c5c43)cc1. The second kappa shape index (κ2) is 8.76. The predicted octanol–water partition coefficient (Wildman–Crippen LogP) is 11.2. The highest BCUT2D eigenvalue weighted by Crippen LogP contribution is 2.46. The van der Waals surface area contributed by atoms with Crippen molar-refractivity contribution < 1.29 is 4.39 Å². The van der Waals surface area contributed by atoms with Crippen molar-refractivity contribution in [3.63, 3.8) is 0 Å². The highest BCUT2D eigenvalue weighted by molar-refractivity contribution is 6.29. The molecule has 0 aliphatic heterocycles. The number of hydrogen-bond acceptors (Lipinski definition) is 0. The Morgan fingerprint density at radius 1 is 0.357 bits per heavy atom. The quantitative estimate of drug-likeness (QED) is 0.198. The van der Waals surface area contributed by atoms with E-state index in [2.05, 4.69) is 126 Å². The predicted molar refractivity (Wildman–Crippen MR) is 175 cm³/mol. The van der Waals surface area contributed by atoms with Crippen LogP contribution < -0.4 is 0 Å². The highest BCUT2D eigenvalue weighted by Gasteiger charge is 2.21. The number of benzene rings is 8. The van der Waals surface area contributed by atoms with Gasteiger partial charge in [0, 0.05) is 16.5 Å². The Kier molecular flexibility index (Phi) is 4.85. The molecule has 0 radical (unpaired) electrons. The molecule has 0 saturated heterocycles. The van der Waals surface area contributed by atoms with Crippen molar-refractivity contribution in [1.82, 2.24) is 4.57 Å². The summed E-state index contributed by atoms with van der Waals surface area (Å²) in [6.07, 6.45) is 0. The molecule has 0 unspecified atom stereocenters. The molecule has 0 atom stereocenters. The molecular formula is C40H24FN. The van der Waals surface area contributed by atoms with E-state index in [4.69, 9.17) is 0 Å². The van der Waals surface area contributed by atoms with E-state index in [0.717, 1.165) is 16.7 Å². The van der Waals surface area contributed by atoms with Crippen molar-refractivity contribution >= 4 is 54.1 Å². The first-order valence-corrected chi connectivity index (χ1v) is 14.3. The van der Waals surface area contributed by atoms with Gasteiger partial charge in [-0.2, -0.15) is 0 Å². The molecule has 0 aliphatic carbocycles. The number of halogens is 1. The lowest BCUT2D eigenvalue weighted by Gasteiger charge is -2.14. The zero-order valence-corrected chi connectivity index (χ0v) is 22.7. The van der Waals surface area contributed by atoms with Crippen LogP contribution in [-0.2, 0) is 0 Å². The lowest BCUT2D eigenvalue weighted by molar-refractivity contribution is 0.627. The molecule has 0 fully saturated rings. The fourth-order valence-corrected chi connectivity index (χ4v) is 7.02. The van der Waals surface area contributed by atoms with Crippen LogP contribution in [0.15, 0.2) is 146 Å². The van der Waals surface area contributed by atoms with Crippen LogP contribution in [0.2, 0.25) is 0 Å². The van der Waals surface area contributed by atoms with Crippen molar-refractivity contribution in [3.8, 4) is 27.9 Å². The molecule has 1 heterocycles. The summed E-state index contributed by atoms with van der Waals surface area (Å²) in [5, 5.41) is 9.86. The zero-order valence-electron chi connectivity index (χ0n) is 22.7. The van der Waals surface area contributed by atoms with Crippen molar-refractivity contribution in [3.05, 3.63) is 151 Å². The zero-order chi connectivity index (χ0) is 27.8. The molecule has 0 aliphatic rings. The number of hydrogen-bond donors (Lipinski definition) is 0. The van der Waals surface area contributed by atoms with Crippen LogP contribution in [0.25, 0.3) is 82.1 Å². The molecule has 0 spiro atoms. The van der Waals surface area contributed by atoms with Gasteiger partial charge in [0.25, 0.3) is 0 Å². The third-order valence-corrected chi connectivity index (χ3v) is 8.84. The van der Waals surface area contributed by atoms with Crippen molar-refractivity contribution in [2.24, 2.45) is 0 Å². The molecule has 1 aromatic heterocycles. The second-order valence-electron chi connectivity index (χ2n) is 11.0. The number of rotatable bonds is 3. The topological polar surface area (TPSA) is 4.93 Å². The molecule has 0 N–H and O–H groups in total. The summed E-state index contributed by atoms with van der Waals surface area (Å²) in [4.78, 5) is 0. The maximum atomic E-state index is 14.0. The number of nitrogens with zero attached hydrogens (tertiary/aromatic N) is 1. The summed E-state index contributed by atoms with van der Waals surface area (Å²) in [5.41, 5.74) is 8.08. The summed E-state index contributed by atoms with van der Waals surface area (Å²) < 4.78 is 16.3. The van der Waals surface area contributed by atoms with Crippen LogP contribution in [0.3, 0.4) is 0 Å². The summed E-state index contributed by atoms with van der Waals surface area (Å²) in [5.74, 6) is -0.233. The van der Waals surface area contributed by atoms with Crippen LogP contribution in [0, 0.1) is 5.82 Å². The van der Waals surface area contributed by atoms with Crippen LogP contribution in [0.5, 0.6) is 0 Å². The van der Waals surface area contributed by atoms with Gasteiger partial charge in [0.15, 0.2) is 0 Å². The fourth-order valence-electron chi connectivity index (χ4n) is 7.02. The number of fused-ring (bicyclic) bond motifs is 2. The monoisotopic (exact) mass is 537 g/mol. The minimum Gasteiger partial charge on any atom is -0.309 e. The summed E-state index contributed by atoms with van der Waals surface area (Å²) >= 11 is 0. The van der Waals surface area contributed by atoms with Gasteiger partial charge in [-0.3, -0.25) is 0 Å². The third kappa shape index (κ3) is 3.24. The van der Waals surface area contributed by atoms with E-state index in [1.54, 1.807) is 12.1 Å². The first-order chi connectivity index (χ1) is 20.8. The Bertz CT molecular complexity index is 2300. The molecule has 42 heavy (non-hydrogen) atoms. The Morgan fingerprint density at radius 2 is 0.810 bits per heavy atom. The molecule has 2 heteroatoms. The van der Waals surface area contributed by atoms with Gasteiger partial charge in [-0.05, 0) is 91.0 Å². The molecular weight excluding hydrogens is 513 g/mol. The minimum absolute atomic E-state index is 0.233. The molecule has 0 amide bonds. The van der Waals surface area contributed by atoms with Gasteiger partial charge in [0.2, 0.25) is 0 Å². The van der Waals surface area contributed by atoms with Gasteiger partial charge in [0.1, 0.15) is 5.82 Å². The molecule has 9 aromatic rings. The van der Waals surface area contributed by atoms with Gasteiger partial charge >= 0.3 is 0 Å². The van der Waals surface area contributed by atoms with Crippen LogP contribution in [0.1, 0.15) is 0 Å². The van der Waals surface area contributed by atoms with E-state index < -0.39 is 0 Å². The lowest BCUT2D eigenvalue weighted by atomic mass is 9.89. The van der Waals surface area contributed by atoms with Gasteiger partial charge in [-0.1, -0.05) is 109 Å². The molecule has 1 nitrogen and oxygen atoms in total. The average Bonchev–Trinajstić information content (AvgIpc) is 3.39. The Hall–Kier alpha value is -5.47. The van der Waals surface area contributed by atoms with E-state index in [0.29, 0.717) is 0 Å². The average molecular weight is 538 g/mol. The normalized spacial score (nSPS) is 11.9. The first kappa shape index (κ1) is 23.3. The number of aromatic nitrogens is 1. The highest BCUT2D eigenvalue weighted by atomic mass is 19.1. The van der Waals surface area contributed by atoms with E-state index in [1.807, 2.05) is 12.1 Å². The Balaban J connectivity index is 1.43. The largest absolute Gasteiger partial charge is 0.309 e.